The van der Waals surface area contributed by atoms with Crippen molar-refractivity contribution in [1.82, 2.24) is 29.9 Å². The standard InChI is InChI=1S/C35H34N7O13P/c36-30-27-31(39-15-38-30)42(16-40-27)33-29(46)28(45)26(54-33)14-52-56(49,50)41-8-10-51-9-7-37-32(47)17-1-4-21-20(11-17)34(48)55-35(21)22-5-2-18(43)12-24(22)53-25-13-19(44)3-6-23(25)35/h1-6,11-13,15-16,26,28-29,33,43-46H,7-10,14H2,(H,37,47)(H2,36,38,39)(H2,41,49,50)/t26-,28-,29-,33-/m1/s1. The molecule has 21 heteroatoms. The number of benzene rings is 3. The molecule has 20 nitrogen and oxygen atoms in total. The number of aliphatic hydroxyl groups is 2. The van der Waals surface area contributed by atoms with Crippen molar-refractivity contribution < 1.29 is 62.9 Å². The van der Waals surface area contributed by atoms with Gasteiger partial charge < -0.3 is 55.3 Å². The molecular weight excluding hydrogens is 757 g/mol. The van der Waals surface area contributed by atoms with Crippen molar-refractivity contribution in [2.24, 2.45) is 0 Å². The fraction of sp³-hybridized carbons (Fsp3) is 0.286. The average Bonchev–Trinajstić information content (AvgIpc) is 3.82. The summed E-state index contributed by atoms with van der Waals surface area (Å²) in [6.45, 7) is -0.602. The number of fused-ring (bicyclic) bond motifs is 7. The Labute approximate surface area is 316 Å². The predicted molar refractivity (Wildman–Crippen MR) is 191 cm³/mol. The number of esters is 1. The third kappa shape index (κ3) is 6.56. The molecule has 3 aliphatic heterocycles. The fourth-order valence-corrected chi connectivity index (χ4v) is 7.73. The van der Waals surface area contributed by atoms with Crippen molar-refractivity contribution >= 4 is 36.6 Å². The minimum absolute atomic E-state index is 0.0360. The zero-order valence-corrected chi connectivity index (χ0v) is 29.9. The van der Waals surface area contributed by atoms with Gasteiger partial charge in [0, 0.05) is 47.5 Å². The second-order valence-electron chi connectivity index (χ2n) is 13.0. The maximum atomic E-state index is 13.3. The van der Waals surface area contributed by atoms with Gasteiger partial charge in [-0.3, -0.25) is 13.9 Å². The number of aliphatic hydroxyl groups excluding tert-OH is 2. The van der Waals surface area contributed by atoms with Crippen molar-refractivity contribution in [2.45, 2.75) is 30.1 Å². The summed E-state index contributed by atoms with van der Waals surface area (Å²) in [6, 6.07) is 13.4. The zero-order chi connectivity index (χ0) is 39.4. The number of phenolic OH excluding ortho intramolecular Hbond substituents is 2. The predicted octanol–water partition coefficient (Wildman–Crippen LogP) is 1.16. The summed E-state index contributed by atoms with van der Waals surface area (Å²) >= 11 is 0. The molecule has 3 aliphatic rings. The summed E-state index contributed by atoms with van der Waals surface area (Å²) in [5.41, 5.74) is 6.55. The highest BCUT2D eigenvalue weighted by Gasteiger charge is 2.54. The lowest BCUT2D eigenvalue weighted by molar-refractivity contribution is -0.0487. The number of amides is 1. The van der Waals surface area contributed by atoms with E-state index in [4.69, 9.17) is 29.2 Å². The number of nitrogens with zero attached hydrogens (tertiary/aromatic N) is 4. The van der Waals surface area contributed by atoms with Crippen LogP contribution < -0.4 is 20.9 Å². The van der Waals surface area contributed by atoms with E-state index in [1.54, 1.807) is 24.3 Å². The van der Waals surface area contributed by atoms with Crippen LogP contribution in [0.25, 0.3) is 11.2 Å². The molecule has 5 atom stereocenters. The van der Waals surface area contributed by atoms with Crippen molar-refractivity contribution in [3.05, 3.63) is 95.1 Å². The fourth-order valence-electron chi connectivity index (χ4n) is 6.92. The molecule has 0 bridgehead atoms. The molecule has 1 fully saturated rings. The number of rotatable bonds is 12. The Balaban J connectivity index is 0.813. The average molecular weight is 792 g/mol. The number of carbonyl (C=O) groups excluding carboxylic acids is 2. The number of aromatic nitrogens is 4. The minimum atomic E-state index is -4.39. The topological polar surface area (TPSA) is 292 Å². The molecule has 1 saturated heterocycles. The highest BCUT2D eigenvalue weighted by Crippen LogP contribution is 2.57. The van der Waals surface area contributed by atoms with Crippen LogP contribution in [0.4, 0.5) is 5.82 Å². The molecule has 0 radical (unpaired) electrons. The van der Waals surface area contributed by atoms with E-state index in [2.05, 4.69) is 25.4 Å². The summed E-state index contributed by atoms with van der Waals surface area (Å²) in [5, 5.41) is 46.4. The first-order chi connectivity index (χ1) is 26.9. The van der Waals surface area contributed by atoms with E-state index in [1.165, 1.54) is 47.6 Å². The number of hydrogen-bond donors (Lipinski definition) is 8. The number of phenols is 2. The van der Waals surface area contributed by atoms with E-state index in [9.17, 15) is 39.5 Å². The molecule has 292 valence electrons. The maximum Gasteiger partial charge on any atom is 0.403 e. The van der Waals surface area contributed by atoms with Crippen LogP contribution in [0.3, 0.4) is 0 Å². The number of nitrogens with two attached hydrogens (primary N) is 1. The summed E-state index contributed by atoms with van der Waals surface area (Å²) < 4.78 is 42.2. The van der Waals surface area contributed by atoms with Crippen LogP contribution in [0.2, 0.25) is 0 Å². The van der Waals surface area contributed by atoms with E-state index in [0.29, 0.717) is 16.7 Å². The Morgan fingerprint density at radius 1 is 0.946 bits per heavy atom. The quantitative estimate of drug-likeness (QED) is 0.0500. The number of imidazole rings is 1. The highest BCUT2D eigenvalue weighted by atomic mass is 31.2. The van der Waals surface area contributed by atoms with Gasteiger partial charge in [-0.25, -0.2) is 29.4 Å². The van der Waals surface area contributed by atoms with Crippen LogP contribution in [0.15, 0.2) is 67.3 Å². The van der Waals surface area contributed by atoms with E-state index in [0.717, 1.165) is 0 Å². The molecular formula is C35H34N7O13P. The van der Waals surface area contributed by atoms with Gasteiger partial charge >= 0.3 is 13.7 Å². The molecule has 0 saturated carbocycles. The third-order valence-corrected chi connectivity index (χ3v) is 10.7. The second-order valence-corrected chi connectivity index (χ2v) is 14.6. The van der Waals surface area contributed by atoms with Crippen LogP contribution in [-0.4, -0.2) is 108 Å². The first-order valence-corrected chi connectivity index (χ1v) is 18.7. The number of nitrogens with one attached hydrogen (secondary N) is 2. The third-order valence-electron chi connectivity index (χ3n) is 9.54. The number of anilines is 1. The van der Waals surface area contributed by atoms with Crippen LogP contribution in [-0.2, 0) is 28.9 Å². The summed E-state index contributed by atoms with van der Waals surface area (Å²) in [5.74, 6) is -0.761. The van der Waals surface area contributed by atoms with Crippen LogP contribution in [0, 0.1) is 0 Å². The molecule has 0 aliphatic carbocycles. The molecule has 3 aromatic carbocycles. The number of ether oxygens (including phenoxy) is 4. The summed E-state index contributed by atoms with van der Waals surface area (Å²) in [4.78, 5) is 48.7. The summed E-state index contributed by atoms with van der Waals surface area (Å²) in [7, 11) is -4.39. The molecule has 1 amide bonds. The first kappa shape index (κ1) is 37.2. The van der Waals surface area contributed by atoms with Crippen LogP contribution in [0.1, 0.15) is 43.6 Å². The van der Waals surface area contributed by atoms with Gasteiger partial charge in [0.2, 0.25) is 0 Å². The van der Waals surface area contributed by atoms with Crippen LogP contribution in [0.5, 0.6) is 23.0 Å². The van der Waals surface area contributed by atoms with E-state index >= 15 is 0 Å². The molecule has 5 aromatic rings. The van der Waals surface area contributed by atoms with Gasteiger partial charge in [0.1, 0.15) is 53.2 Å². The van der Waals surface area contributed by atoms with Crippen molar-refractivity contribution in [3.8, 4) is 23.0 Å². The minimum Gasteiger partial charge on any atom is -0.508 e. The van der Waals surface area contributed by atoms with Gasteiger partial charge in [0.25, 0.3) is 5.91 Å². The number of hydrogen-bond acceptors (Lipinski definition) is 16. The van der Waals surface area contributed by atoms with Crippen LogP contribution >= 0.6 is 7.75 Å². The number of aromatic hydroxyl groups is 2. The lowest BCUT2D eigenvalue weighted by Crippen LogP contribution is -2.34. The number of nitrogen functional groups attached to an aromatic ring is 1. The molecule has 9 N–H and O–H groups in total. The first-order valence-electron chi connectivity index (χ1n) is 17.1. The van der Waals surface area contributed by atoms with Crippen molar-refractivity contribution in [3.63, 3.8) is 0 Å². The van der Waals surface area contributed by atoms with E-state index in [-0.39, 0.29) is 77.4 Å². The Bertz CT molecular complexity index is 2360. The summed E-state index contributed by atoms with van der Waals surface area (Å²) in [6.07, 6.45) is -2.68. The lowest BCUT2D eigenvalue weighted by Gasteiger charge is -2.36. The SMILES string of the molecule is Nc1ncnc2c1ncn2[C@@H]1O[C@H](COP(=O)(O)NCCOCCNC(=O)c2ccc3c(c2)C(=O)OC32c3ccc(O)cc3Oc3cc(O)ccc32)[C@@H](O)[C@H]1O. The Morgan fingerprint density at radius 3 is 2.38 bits per heavy atom. The van der Waals surface area contributed by atoms with Gasteiger partial charge in [0.05, 0.1) is 31.7 Å². The molecule has 56 heavy (non-hydrogen) atoms. The van der Waals surface area contributed by atoms with Gasteiger partial charge in [-0.05, 0) is 36.4 Å². The highest BCUT2D eigenvalue weighted by molar-refractivity contribution is 7.50. The molecule has 5 heterocycles. The van der Waals surface area contributed by atoms with Gasteiger partial charge in [-0.2, -0.15) is 0 Å². The second kappa shape index (κ2) is 14.4. The largest absolute Gasteiger partial charge is 0.508 e. The normalized spacial score (nSPS) is 21.5. The Morgan fingerprint density at radius 2 is 1.64 bits per heavy atom. The Kier molecular flexibility index (Phi) is 9.59. The van der Waals surface area contributed by atoms with E-state index < -0.39 is 56.4 Å². The maximum absolute atomic E-state index is 13.3. The van der Waals surface area contributed by atoms with E-state index in [1.807, 2.05) is 0 Å². The van der Waals surface area contributed by atoms with Crippen molar-refractivity contribution in [1.29, 1.82) is 0 Å². The molecule has 1 unspecified atom stereocenters. The van der Waals surface area contributed by atoms with Gasteiger partial charge in [-0.15, -0.1) is 0 Å². The molecule has 1 spiro atoms. The lowest BCUT2D eigenvalue weighted by atomic mass is 9.77. The zero-order valence-electron chi connectivity index (χ0n) is 29.0. The number of carbonyl (C=O) groups is 2. The van der Waals surface area contributed by atoms with Crippen molar-refractivity contribution in [2.75, 3.05) is 38.6 Å². The smallest absolute Gasteiger partial charge is 0.403 e. The van der Waals surface area contributed by atoms with Gasteiger partial charge in [-0.1, -0.05) is 6.07 Å². The molecule has 8 rings (SSSR count). The molecule has 2 aromatic heterocycles. The Hall–Kier alpha value is -5.70. The van der Waals surface area contributed by atoms with Gasteiger partial charge in [0.15, 0.2) is 23.3 Å². The monoisotopic (exact) mass is 791 g/mol.